The van der Waals surface area contributed by atoms with Crippen molar-refractivity contribution in [3.63, 3.8) is 0 Å². The van der Waals surface area contributed by atoms with Crippen LogP contribution in [0.1, 0.15) is 13.8 Å². The van der Waals surface area contributed by atoms with E-state index in [-0.39, 0.29) is 0 Å². The van der Waals surface area contributed by atoms with Crippen molar-refractivity contribution in [1.29, 1.82) is 0 Å². The van der Waals surface area contributed by atoms with Gasteiger partial charge in [-0.1, -0.05) is 56.3 Å². The van der Waals surface area contributed by atoms with E-state index in [0.717, 1.165) is 11.1 Å². The number of hydrogen-bond donors (Lipinski definition) is 2. The first-order valence-electron chi connectivity index (χ1n) is 5.48. The van der Waals surface area contributed by atoms with E-state index in [9.17, 15) is 0 Å². The molecule has 0 aliphatic heterocycles. The Bertz CT molecular complexity index is 436. The Hall–Kier alpha value is -1.96. The molecule has 0 heterocycles. The Morgan fingerprint density at radius 3 is 2.00 bits per heavy atom. The monoisotopic (exact) mass is 214 g/mol. The normalized spacial score (nSPS) is 9.12. The molecule has 0 radical (unpaired) electrons. The second kappa shape index (κ2) is 5.81. The van der Waals surface area contributed by atoms with Gasteiger partial charge in [-0.2, -0.15) is 0 Å². The highest BCUT2D eigenvalue weighted by Crippen LogP contribution is 2.29. The van der Waals surface area contributed by atoms with Gasteiger partial charge >= 0.3 is 0 Å². The standard InChI is InChI=1S/C12H12N2.C2H6/c13-11-8-4-7-10(12(11)14)9-5-2-1-3-6-9;1-2/h1-8H,13-14H2;1-2H3. The molecule has 0 aromatic heterocycles. The zero-order chi connectivity index (χ0) is 12.0. The summed E-state index contributed by atoms with van der Waals surface area (Å²) in [6.45, 7) is 4.00. The zero-order valence-electron chi connectivity index (χ0n) is 9.77. The third kappa shape index (κ3) is 2.54. The number of anilines is 2. The lowest BCUT2D eigenvalue weighted by atomic mass is 10.0. The molecule has 84 valence electrons. The molecular formula is C14H18N2. The van der Waals surface area contributed by atoms with Gasteiger partial charge < -0.3 is 11.5 Å². The van der Waals surface area contributed by atoms with Gasteiger partial charge in [-0.25, -0.2) is 0 Å². The Kier molecular flexibility index (Phi) is 4.40. The Balaban J connectivity index is 0.000000606. The second-order valence-corrected chi connectivity index (χ2v) is 3.17. The van der Waals surface area contributed by atoms with Crippen molar-refractivity contribution in [3.8, 4) is 11.1 Å². The Morgan fingerprint density at radius 1 is 0.750 bits per heavy atom. The van der Waals surface area contributed by atoms with Gasteiger partial charge in [0.05, 0.1) is 11.4 Å². The molecule has 0 saturated carbocycles. The number of hydrogen-bond acceptors (Lipinski definition) is 2. The van der Waals surface area contributed by atoms with Crippen LogP contribution in [0.15, 0.2) is 48.5 Å². The van der Waals surface area contributed by atoms with E-state index in [1.54, 1.807) is 0 Å². The van der Waals surface area contributed by atoms with Crippen molar-refractivity contribution >= 4 is 11.4 Å². The average Bonchev–Trinajstić information content (AvgIpc) is 2.36. The largest absolute Gasteiger partial charge is 0.397 e. The number of benzene rings is 2. The van der Waals surface area contributed by atoms with Crippen molar-refractivity contribution in [1.82, 2.24) is 0 Å². The maximum absolute atomic E-state index is 5.89. The molecule has 16 heavy (non-hydrogen) atoms. The topological polar surface area (TPSA) is 52.0 Å². The number of para-hydroxylation sites is 1. The van der Waals surface area contributed by atoms with Gasteiger partial charge in [-0.3, -0.25) is 0 Å². The molecule has 0 spiro atoms. The predicted molar refractivity (Wildman–Crippen MR) is 72.1 cm³/mol. The molecule has 2 rings (SSSR count). The summed E-state index contributed by atoms with van der Waals surface area (Å²) in [6.07, 6.45) is 0. The van der Waals surface area contributed by atoms with Crippen LogP contribution in [0, 0.1) is 0 Å². The summed E-state index contributed by atoms with van der Waals surface area (Å²) in [5, 5.41) is 0. The minimum Gasteiger partial charge on any atom is -0.397 e. The van der Waals surface area contributed by atoms with Gasteiger partial charge in [0.2, 0.25) is 0 Å². The lowest BCUT2D eigenvalue weighted by Crippen LogP contribution is -1.96. The van der Waals surface area contributed by atoms with E-state index in [2.05, 4.69) is 0 Å². The first-order valence-corrected chi connectivity index (χ1v) is 5.48. The molecule has 0 bridgehead atoms. The SMILES string of the molecule is CC.Nc1cccc(-c2ccccc2)c1N. The van der Waals surface area contributed by atoms with Crippen LogP contribution < -0.4 is 11.5 Å². The van der Waals surface area contributed by atoms with E-state index < -0.39 is 0 Å². The number of rotatable bonds is 1. The molecule has 0 saturated heterocycles. The van der Waals surface area contributed by atoms with Gasteiger partial charge in [-0.15, -0.1) is 0 Å². The summed E-state index contributed by atoms with van der Waals surface area (Å²) >= 11 is 0. The minimum absolute atomic E-state index is 0.631. The first-order chi connectivity index (χ1) is 7.79. The average molecular weight is 214 g/mol. The molecule has 0 amide bonds. The van der Waals surface area contributed by atoms with E-state index in [4.69, 9.17) is 11.5 Å². The lowest BCUT2D eigenvalue weighted by molar-refractivity contribution is 1.50. The smallest absolute Gasteiger partial charge is 0.0627 e. The van der Waals surface area contributed by atoms with Gasteiger partial charge in [-0.05, 0) is 11.6 Å². The number of nitrogen functional groups attached to an aromatic ring is 2. The van der Waals surface area contributed by atoms with Crippen LogP contribution in [0.2, 0.25) is 0 Å². The summed E-state index contributed by atoms with van der Waals surface area (Å²) in [5.41, 5.74) is 15.0. The van der Waals surface area contributed by atoms with E-state index >= 15 is 0 Å². The van der Waals surface area contributed by atoms with Gasteiger partial charge in [0.15, 0.2) is 0 Å². The van der Waals surface area contributed by atoms with Crippen LogP contribution in [0.25, 0.3) is 11.1 Å². The molecule has 0 aliphatic carbocycles. The third-order valence-electron chi connectivity index (χ3n) is 2.22. The molecule has 2 aromatic carbocycles. The van der Waals surface area contributed by atoms with E-state index in [1.807, 2.05) is 62.4 Å². The minimum atomic E-state index is 0.631. The summed E-state index contributed by atoms with van der Waals surface area (Å²) in [5.74, 6) is 0. The summed E-state index contributed by atoms with van der Waals surface area (Å²) in [6, 6.07) is 15.7. The molecule has 2 aromatic rings. The fraction of sp³-hybridized carbons (Fsp3) is 0.143. The summed E-state index contributed by atoms with van der Waals surface area (Å²) in [4.78, 5) is 0. The fourth-order valence-electron chi connectivity index (χ4n) is 1.45. The molecule has 0 aliphatic rings. The summed E-state index contributed by atoms with van der Waals surface area (Å²) in [7, 11) is 0. The Labute approximate surface area is 96.9 Å². The van der Waals surface area contributed by atoms with Crippen LogP contribution in [0.5, 0.6) is 0 Å². The van der Waals surface area contributed by atoms with Crippen LogP contribution in [-0.4, -0.2) is 0 Å². The van der Waals surface area contributed by atoms with Crippen LogP contribution in [-0.2, 0) is 0 Å². The second-order valence-electron chi connectivity index (χ2n) is 3.17. The molecule has 4 N–H and O–H groups in total. The molecule has 0 fully saturated rings. The van der Waals surface area contributed by atoms with Crippen molar-refractivity contribution in [2.75, 3.05) is 11.5 Å². The van der Waals surface area contributed by atoms with Gasteiger partial charge in [0, 0.05) is 5.56 Å². The van der Waals surface area contributed by atoms with Crippen molar-refractivity contribution in [2.45, 2.75) is 13.8 Å². The maximum atomic E-state index is 5.89. The molecular weight excluding hydrogens is 196 g/mol. The van der Waals surface area contributed by atoms with Crippen molar-refractivity contribution in [3.05, 3.63) is 48.5 Å². The predicted octanol–water partition coefficient (Wildman–Crippen LogP) is 3.54. The third-order valence-corrected chi connectivity index (χ3v) is 2.22. The molecule has 0 unspecified atom stereocenters. The van der Waals surface area contributed by atoms with Gasteiger partial charge in [0.1, 0.15) is 0 Å². The van der Waals surface area contributed by atoms with E-state index in [1.165, 1.54) is 0 Å². The Morgan fingerprint density at radius 2 is 1.38 bits per heavy atom. The fourth-order valence-corrected chi connectivity index (χ4v) is 1.45. The maximum Gasteiger partial charge on any atom is 0.0627 e. The molecule has 2 nitrogen and oxygen atoms in total. The quantitative estimate of drug-likeness (QED) is 0.713. The highest BCUT2D eigenvalue weighted by Gasteiger charge is 2.03. The first kappa shape index (κ1) is 12.1. The zero-order valence-corrected chi connectivity index (χ0v) is 9.77. The van der Waals surface area contributed by atoms with Crippen LogP contribution in [0.3, 0.4) is 0 Å². The van der Waals surface area contributed by atoms with E-state index in [0.29, 0.717) is 11.4 Å². The lowest BCUT2D eigenvalue weighted by Gasteiger charge is -2.07. The molecule has 0 atom stereocenters. The highest BCUT2D eigenvalue weighted by molar-refractivity contribution is 5.84. The van der Waals surface area contributed by atoms with Crippen LogP contribution >= 0.6 is 0 Å². The van der Waals surface area contributed by atoms with Crippen molar-refractivity contribution in [2.24, 2.45) is 0 Å². The summed E-state index contributed by atoms with van der Waals surface area (Å²) < 4.78 is 0. The van der Waals surface area contributed by atoms with Crippen molar-refractivity contribution < 1.29 is 0 Å². The highest BCUT2D eigenvalue weighted by atomic mass is 14.7. The van der Waals surface area contributed by atoms with Crippen LogP contribution in [0.4, 0.5) is 11.4 Å². The molecule has 2 heteroatoms. The number of nitrogens with two attached hydrogens (primary N) is 2. The van der Waals surface area contributed by atoms with Gasteiger partial charge in [0.25, 0.3) is 0 Å².